The Bertz CT molecular complexity index is 391. The molecule has 0 aliphatic heterocycles. The van der Waals surface area contributed by atoms with E-state index in [1.54, 1.807) is 0 Å². The van der Waals surface area contributed by atoms with Gasteiger partial charge in [-0.1, -0.05) is 84.0 Å². The van der Waals surface area contributed by atoms with Gasteiger partial charge in [-0.25, -0.2) is 0 Å². The van der Waals surface area contributed by atoms with E-state index < -0.39 is 0 Å². The van der Waals surface area contributed by atoms with Crippen LogP contribution >= 0.6 is 23.5 Å². The van der Waals surface area contributed by atoms with Gasteiger partial charge in [-0.15, -0.1) is 23.5 Å². The van der Waals surface area contributed by atoms with Crippen LogP contribution in [0.3, 0.4) is 0 Å². The summed E-state index contributed by atoms with van der Waals surface area (Å²) < 4.78 is 1.22. The van der Waals surface area contributed by atoms with Gasteiger partial charge >= 0.3 is 0 Å². The lowest BCUT2D eigenvalue weighted by Crippen LogP contribution is -2.18. The second kappa shape index (κ2) is 7.61. The minimum absolute atomic E-state index is 0.309. The van der Waals surface area contributed by atoms with Crippen molar-refractivity contribution in [3.8, 4) is 0 Å². The van der Waals surface area contributed by atoms with Gasteiger partial charge in [-0.2, -0.15) is 0 Å². The molecule has 1 aromatic carbocycles. The van der Waals surface area contributed by atoms with Gasteiger partial charge in [-0.3, -0.25) is 0 Å². The monoisotopic (exact) mass is 308 g/mol. The molecule has 0 aromatic heterocycles. The molecule has 112 valence electrons. The molecule has 2 heteroatoms. The molecule has 0 aliphatic carbocycles. The summed E-state index contributed by atoms with van der Waals surface area (Å²) >= 11 is 4.15. The molecular weight excluding hydrogens is 280 g/mol. The van der Waals surface area contributed by atoms with Crippen molar-refractivity contribution in [3.05, 3.63) is 42.0 Å². The molecular formula is C18H28S2. The number of rotatable bonds is 5. The van der Waals surface area contributed by atoms with Gasteiger partial charge in [0.2, 0.25) is 0 Å². The van der Waals surface area contributed by atoms with E-state index >= 15 is 0 Å². The van der Waals surface area contributed by atoms with Crippen molar-refractivity contribution in [2.75, 3.05) is 0 Å². The molecule has 0 radical (unpaired) electrons. The van der Waals surface area contributed by atoms with E-state index in [0.29, 0.717) is 14.1 Å². The lowest BCUT2D eigenvalue weighted by molar-refractivity contribution is 0.789. The van der Waals surface area contributed by atoms with Crippen LogP contribution in [0.25, 0.3) is 6.08 Å². The summed E-state index contributed by atoms with van der Waals surface area (Å²) in [7, 11) is 0. The number of benzene rings is 1. The molecule has 20 heavy (non-hydrogen) atoms. The Morgan fingerprint density at radius 2 is 1.40 bits per heavy atom. The summed E-state index contributed by atoms with van der Waals surface area (Å²) in [5, 5.41) is 0. The number of allylic oxidation sites excluding steroid dienone is 1. The van der Waals surface area contributed by atoms with Crippen LogP contribution in [0, 0.1) is 0 Å². The highest BCUT2D eigenvalue weighted by Gasteiger charge is 2.23. The normalized spacial score (nSPS) is 13.3. The quantitative estimate of drug-likeness (QED) is 0.571. The fraction of sp³-hybridized carbons (Fsp3) is 0.556. The Balaban J connectivity index is 2.62. The number of hydrogen-bond donors (Lipinski definition) is 0. The Labute approximate surface area is 133 Å². The first-order valence-corrected chi connectivity index (χ1v) is 8.99. The van der Waals surface area contributed by atoms with Crippen molar-refractivity contribution in [3.63, 3.8) is 0 Å². The highest BCUT2D eigenvalue weighted by atomic mass is 32.2. The van der Waals surface area contributed by atoms with Crippen molar-refractivity contribution in [1.29, 1.82) is 0 Å². The summed E-state index contributed by atoms with van der Waals surface area (Å²) in [5.74, 6) is 0. The van der Waals surface area contributed by atoms with Gasteiger partial charge in [0.05, 0.1) is 4.58 Å². The van der Waals surface area contributed by atoms with Crippen molar-refractivity contribution < 1.29 is 0 Å². The third-order valence-corrected chi connectivity index (χ3v) is 5.31. The van der Waals surface area contributed by atoms with Crippen LogP contribution in [0.5, 0.6) is 0 Å². The van der Waals surface area contributed by atoms with Gasteiger partial charge in [0, 0.05) is 9.49 Å². The molecule has 0 bridgehead atoms. The molecule has 0 fully saturated rings. The van der Waals surface area contributed by atoms with Crippen LogP contribution in [0.4, 0.5) is 0 Å². The van der Waals surface area contributed by atoms with Crippen molar-refractivity contribution in [2.24, 2.45) is 0 Å². The molecule has 0 N–H and O–H groups in total. The van der Waals surface area contributed by atoms with Crippen LogP contribution in [-0.2, 0) is 0 Å². The van der Waals surface area contributed by atoms with Crippen molar-refractivity contribution >= 4 is 29.6 Å². The van der Waals surface area contributed by atoms with Crippen molar-refractivity contribution in [1.82, 2.24) is 0 Å². The third-order valence-electron chi connectivity index (χ3n) is 2.41. The molecule has 1 rings (SSSR count). The van der Waals surface area contributed by atoms with E-state index in [1.165, 1.54) is 5.56 Å². The van der Waals surface area contributed by atoms with E-state index in [4.69, 9.17) is 0 Å². The van der Waals surface area contributed by atoms with Crippen LogP contribution < -0.4 is 0 Å². The Kier molecular flexibility index (Phi) is 6.74. The van der Waals surface area contributed by atoms with Crippen molar-refractivity contribution in [2.45, 2.75) is 62.0 Å². The molecule has 0 saturated carbocycles. The first kappa shape index (κ1) is 17.7. The largest absolute Gasteiger partial charge is 0.141 e. The summed E-state index contributed by atoms with van der Waals surface area (Å²) in [6.45, 7) is 13.8. The Morgan fingerprint density at radius 1 is 0.900 bits per heavy atom. The van der Waals surface area contributed by atoms with Gasteiger partial charge in [0.15, 0.2) is 0 Å². The average molecular weight is 309 g/mol. The minimum Gasteiger partial charge on any atom is -0.141 e. The lowest BCUT2D eigenvalue weighted by Gasteiger charge is -2.29. The van der Waals surface area contributed by atoms with Crippen LogP contribution in [-0.4, -0.2) is 14.1 Å². The standard InChI is InChI=1S/C18H28S2/c1-17(2,3)19-16(20-18(4,5)6)14-10-13-15-11-8-7-9-12-15/h7-13,16H,14H2,1-6H3/b13-10+. The third kappa shape index (κ3) is 8.76. The first-order chi connectivity index (χ1) is 9.16. The van der Waals surface area contributed by atoms with E-state index in [9.17, 15) is 0 Å². The summed E-state index contributed by atoms with van der Waals surface area (Å²) in [5.41, 5.74) is 1.28. The molecule has 0 aliphatic rings. The first-order valence-electron chi connectivity index (χ1n) is 7.23. The zero-order chi connectivity index (χ0) is 15.2. The summed E-state index contributed by atoms with van der Waals surface area (Å²) in [6, 6.07) is 10.5. The minimum atomic E-state index is 0.309. The predicted octanol–water partition coefficient (Wildman–Crippen LogP) is 6.48. The van der Waals surface area contributed by atoms with E-state index in [2.05, 4.69) is 108 Å². The van der Waals surface area contributed by atoms with E-state index in [-0.39, 0.29) is 0 Å². The molecule has 0 saturated heterocycles. The average Bonchev–Trinajstić information content (AvgIpc) is 2.25. The zero-order valence-corrected chi connectivity index (χ0v) is 15.3. The summed E-state index contributed by atoms with van der Waals surface area (Å²) in [4.78, 5) is 0. The Morgan fingerprint density at radius 3 is 1.85 bits per heavy atom. The molecule has 0 spiro atoms. The molecule has 0 nitrogen and oxygen atoms in total. The van der Waals surface area contributed by atoms with Gasteiger partial charge in [0.1, 0.15) is 0 Å². The highest BCUT2D eigenvalue weighted by Crippen LogP contribution is 2.42. The SMILES string of the molecule is CC(C)(C)SC(C/C=C/c1ccccc1)SC(C)(C)C. The zero-order valence-electron chi connectivity index (χ0n) is 13.6. The van der Waals surface area contributed by atoms with Crippen LogP contribution in [0.15, 0.2) is 36.4 Å². The second-order valence-corrected chi connectivity index (χ2v) is 11.3. The Hall–Kier alpha value is -0.340. The fourth-order valence-corrected chi connectivity index (χ4v) is 5.70. The van der Waals surface area contributed by atoms with Crippen LogP contribution in [0.1, 0.15) is 53.5 Å². The molecule has 0 heterocycles. The highest BCUT2D eigenvalue weighted by molar-refractivity contribution is 8.18. The maximum absolute atomic E-state index is 2.32. The van der Waals surface area contributed by atoms with Gasteiger partial charge in [-0.05, 0) is 12.0 Å². The summed E-state index contributed by atoms with van der Waals surface area (Å²) in [6.07, 6.45) is 5.66. The number of thioether (sulfide) groups is 2. The topological polar surface area (TPSA) is 0 Å². The maximum atomic E-state index is 2.32. The maximum Gasteiger partial charge on any atom is 0.0547 e. The van der Waals surface area contributed by atoms with Crippen LogP contribution in [0.2, 0.25) is 0 Å². The smallest absolute Gasteiger partial charge is 0.0547 e. The molecule has 1 aromatic rings. The molecule has 0 amide bonds. The lowest BCUT2D eigenvalue weighted by atomic mass is 10.2. The molecule has 0 unspecified atom stereocenters. The van der Waals surface area contributed by atoms with E-state index in [1.807, 2.05) is 0 Å². The van der Waals surface area contributed by atoms with Gasteiger partial charge < -0.3 is 0 Å². The van der Waals surface area contributed by atoms with Gasteiger partial charge in [0.25, 0.3) is 0 Å². The predicted molar refractivity (Wildman–Crippen MR) is 98.6 cm³/mol. The second-order valence-electron chi connectivity index (χ2n) is 6.94. The fourth-order valence-electron chi connectivity index (χ4n) is 1.79. The number of hydrogen-bond acceptors (Lipinski definition) is 2. The molecule has 0 atom stereocenters. The van der Waals surface area contributed by atoms with E-state index in [0.717, 1.165) is 6.42 Å².